The topological polar surface area (TPSA) is 55.8 Å². The molecule has 25 heavy (non-hydrogen) atoms. The van der Waals surface area contributed by atoms with E-state index in [4.69, 9.17) is 0 Å². The molecule has 1 aromatic rings. The standard InChI is InChI=1S/C20H31N3O2/c1-22-10-12-23(13-11-22)15-16-6-8-18(9-7-16)20(25)21-14-19(24)17-4-2-3-5-17/h6-9,17,19,24H,2-5,10-15H2,1H3,(H,21,25). The maximum atomic E-state index is 12.3. The lowest BCUT2D eigenvalue weighted by Crippen LogP contribution is -2.43. The normalized spacial score (nSPS) is 21.4. The third kappa shape index (κ3) is 5.27. The zero-order valence-electron chi connectivity index (χ0n) is 15.3. The number of piperazine rings is 1. The van der Waals surface area contributed by atoms with E-state index in [0.29, 0.717) is 18.0 Å². The van der Waals surface area contributed by atoms with Gasteiger partial charge in [0.25, 0.3) is 5.91 Å². The molecule has 0 spiro atoms. The number of benzene rings is 1. The molecule has 1 aliphatic heterocycles. The number of aliphatic hydroxyl groups is 1. The van der Waals surface area contributed by atoms with Crippen LogP contribution < -0.4 is 5.32 Å². The van der Waals surface area contributed by atoms with Gasteiger partial charge in [-0.15, -0.1) is 0 Å². The van der Waals surface area contributed by atoms with Crippen molar-refractivity contribution in [1.82, 2.24) is 15.1 Å². The summed E-state index contributed by atoms with van der Waals surface area (Å²) in [4.78, 5) is 17.1. The van der Waals surface area contributed by atoms with E-state index in [2.05, 4.69) is 22.2 Å². The Morgan fingerprint density at radius 3 is 2.44 bits per heavy atom. The Bertz CT molecular complexity index is 547. The Morgan fingerprint density at radius 1 is 1.16 bits per heavy atom. The maximum Gasteiger partial charge on any atom is 0.251 e. The quantitative estimate of drug-likeness (QED) is 0.824. The highest BCUT2D eigenvalue weighted by Crippen LogP contribution is 2.27. The van der Waals surface area contributed by atoms with Gasteiger partial charge in [0.1, 0.15) is 0 Å². The van der Waals surface area contributed by atoms with Crippen molar-refractivity contribution in [3.63, 3.8) is 0 Å². The summed E-state index contributed by atoms with van der Waals surface area (Å²) in [5, 5.41) is 13.0. The Kier molecular flexibility index (Phi) is 6.45. The molecule has 1 unspecified atom stereocenters. The van der Waals surface area contributed by atoms with E-state index in [1.807, 2.05) is 24.3 Å². The van der Waals surface area contributed by atoms with Crippen molar-refractivity contribution in [2.24, 2.45) is 5.92 Å². The van der Waals surface area contributed by atoms with E-state index >= 15 is 0 Å². The molecule has 0 bridgehead atoms. The molecule has 3 rings (SSSR count). The maximum absolute atomic E-state index is 12.3. The number of nitrogens with one attached hydrogen (secondary N) is 1. The largest absolute Gasteiger partial charge is 0.391 e. The fraction of sp³-hybridized carbons (Fsp3) is 0.650. The number of rotatable bonds is 6. The van der Waals surface area contributed by atoms with Gasteiger partial charge in [0, 0.05) is 44.8 Å². The first-order valence-electron chi connectivity index (χ1n) is 9.58. The molecule has 2 aliphatic rings. The van der Waals surface area contributed by atoms with Crippen molar-refractivity contribution in [2.45, 2.75) is 38.3 Å². The van der Waals surface area contributed by atoms with Gasteiger partial charge in [0.2, 0.25) is 0 Å². The molecule has 1 saturated carbocycles. The van der Waals surface area contributed by atoms with E-state index in [1.54, 1.807) is 0 Å². The van der Waals surface area contributed by atoms with Crippen LogP contribution in [0.3, 0.4) is 0 Å². The molecular formula is C20H31N3O2. The highest BCUT2D eigenvalue weighted by atomic mass is 16.3. The van der Waals surface area contributed by atoms with Crippen LogP contribution in [-0.2, 0) is 6.54 Å². The van der Waals surface area contributed by atoms with Gasteiger partial charge in [-0.2, -0.15) is 0 Å². The summed E-state index contributed by atoms with van der Waals surface area (Å²) < 4.78 is 0. The van der Waals surface area contributed by atoms with Crippen LogP contribution in [0.1, 0.15) is 41.6 Å². The van der Waals surface area contributed by atoms with Gasteiger partial charge in [-0.05, 0) is 43.5 Å². The number of likely N-dealkylation sites (N-methyl/N-ethyl adjacent to an activating group) is 1. The molecule has 5 heteroatoms. The van der Waals surface area contributed by atoms with E-state index < -0.39 is 6.10 Å². The van der Waals surface area contributed by atoms with Crippen LogP contribution in [-0.4, -0.2) is 66.7 Å². The minimum absolute atomic E-state index is 0.0943. The highest BCUT2D eigenvalue weighted by molar-refractivity contribution is 5.94. The van der Waals surface area contributed by atoms with E-state index in [-0.39, 0.29) is 5.91 Å². The summed E-state index contributed by atoms with van der Waals surface area (Å²) in [7, 11) is 2.16. The molecule has 2 fully saturated rings. The first-order chi connectivity index (χ1) is 12.1. The average molecular weight is 345 g/mol. The minimum Gasteiger partial charge on any atom is -0.391 e. The highest BCUT2D eigenvalue weighted by Gasteiger charge is 2.23. The number of nitrogens with zero attached hydrogens (tertiary/aromatic N) is 2. The van der Waals surface area contributed by atoms with Gasteiger partial charge in [-0.3, -0.25) is 9.69 Å². The summed E-state index contributed by atoms with van der Waals surface area (Å²) >= 11 is 0. The second kappa shape index (κ2) is 8.79. The molecule has 1 saturated heterocycles. The van der Waals surface area contributed by atoms with Gasteiger partial charge in [0.15, 0.2) is 0 Å². The molecule has 2 N–H and O–H groups in total. The SMILES string of the molecule is CN1CCN(Cc2ccc(C(=O)NCC(O)C3CCCC3)cc2)CC1. The van der Waals surface area contributed by atoms with E-state index in [0.717, 1.165) is 45.6 Å². The van der Waals surface area contributed by atoms with Crippen LogP contribution in [0.2, 0.25) is 0 Å². The van der Waals surface area contributed by atoms with Gasteiger partial charge in [0.05, 0.1) is 6.10 Å². The number of hydrogen-bond acceptors (Lipinski definition) is 4. The second-order valence-electron chi connectivity index (χ2n) is 7.60. The van der Waals surface area contributed by atoms with Crippen molar-refractivity contribution < 1.29 is 9.90 Å². The van der Waals surface area contributed by atoms with Crippen LogP contribution >= 0.6 is 0 Å². The van der Waals surface area contributed by atoms with Gasteiger partial charge in [-0.25, -0.2) is 0 Å². The van der Waals surface area contributed by atoms with E-state index in [1.165, 1.54) is 18.4 Å². The molecule has 0 radical (unpaired) electrons. The predicted octanol–water partition coefficient (Wildman–Crippen LogP) is 1.71. The number of hydrogen-bond donors (Lipinski definition) is 2. The molecule has 1 amide bonds. The van der Waals surface area contributed by atoms with Gasteiger partial charge in [-0.1, -0.05) is 25.0 Å². The summed E-state index contributed by atoms with van der Waals surface area (Å²) in [6, 6.07) is 7.87. The summed E-state index contributed by atoms with van der Waals surface area (Å²) in [5.41, 5.74) is 1.91. The number of carbonyl (C=O) groups is 1. The van der Waals surface area contributed by atoms with Crippen LogP contribution in [0.4, 0.5) is 0 Å². The van der Waals surface area contributed by atoms with Crippen LogP contribution in [0.5, 0.6) is 0 Å². The lowest BCUT2D eigenvalue weighted by molar-refractivity contribution is 0.0840. The van der Waals surface area contributed by atoms with Gasteiger partial charge < -0.3 is 15.3 Å². The van der Waals surface area contributed by atoms with Crippen molar-refractivity contribution in [3.8, 4) is 0 Å². The number of aliphatic hydroxyl groups excluding tert-OH is 1. The summed E-state index contributed by atoms with van der Waals surface area (Å²) in [6.45, 7) is 5.71. The van der Waals surface area contributed by atoms with Crippen LogP contribution in [0, 0.1) is 5.92 Å². The van der Waals surface area contributed by atoms with Crippen molar-refractivity contribution in [1.29, 1.82) is 0 Å². The van der Waals surface area contributed by atoms with Crippen molar-refractivity contribution in [3.05, 3.63) is 35.4 Å². The van der Waals surface area contributed by atoms with Crippen molar-refractivity contribution >= 4 is 5.91 Å². The zero-order valence-corrected chi connectivity index (χ0v) is 15.3. The smallest absolute Gasteiger partial charge is 0.251 e. The van der Waals surface area contributed by atoms with E-state index in [9.17, 15) is 9.90 Å². The summed E-state index contributed by atoms with van der Waals surface area (Å²) in [5.74, 6) is 0.259. The first-order valence-corrected chi connectivity index (χ1v) is 9.58. The molecule has 1 aromatic carbocycles. The third-order valence-corrected chi connectivity index (χ3v) is 5.63. The average Bonchev–Trinajstić information content (AvgIpc) is 3.17. The second-order valence-corrected chi connectivity index (χ2v) is 7.60. The van der Waals surface area contributed by atoms with Crippen LogP contribution in [0.25, 0.3) is 0 Å². The lowest BCUT2D eigenvalue weighted by atomic mass is 10.0. The molecular weight excluding hydrogens is 314 g/mol. The molecule has 138 valence electrons. The zero-order chi connectivity index (χ0) is 17.6. The fourth-order valence-corrected chi connectivity index (χ4v) is 3.83. The molecule has 0 aromatic heterocycles. The van der Waals surface area contributed by atoms with Crippen molar-refractivity contribution in [2.75, 3.05) is 39.8 Å². The molecule has 5 nitrogen and oxygen atoms in total. The molecule has 1 atom stereocenters. The number of carbonyl (C=O) groups excluding carboxylic acids is 1. The van der Waals surface area contributed by atoms with Gasteiger partial charge >= 0.3 is 0 Å². The minimum atomic E-state index is -0.414. The third-order valence-electron chi connectivity index (χ3n) is 5.63. The Balaban J connectivity index is 1.45. The Labute approximate surface area is 151 Å². The van der Waals surface area contributed by atoms with Crippen LogP contribution in [0.15, 0.2) is 24.3 Å². The Morgan fingerprint density at radius 2 is 1.80 bits per heavy atom. The molecule has 1 aliphatic carbocycles. The first kappa shape index (κ1) is 18.4. The summed E-state index contributed by atoms with van der Waals surface area (Å²) in [6.07, 6.45) is 4.15. The number of amides is 1. The predicted molar refractivity (Wildman–Crippen MR) is 99.5 cm³/mol. The monoisotopic (exact) mass is 345 g/mol. The fourth-order valence-electron chi connectivity index (χ4n) is 3.83. The Hall–Kier alpha value is -1.43. The lowest BCUT2D eigenvalue weighted by Gasteiger charge is -2.32. The molecule has 1 heterocycles.